The second kappa shape index (κ2) is 8.65. The lowest BCUT2D eigenvalue weighted by Crippen LogP contribution is -2.36. The van der Waals surface area contributed by atoms with Gasteiger partial charge in [-0.2, -0.15) is 11.8 Å². The first-order chi connectivity index (χ1) is 11.4. The van der Waals surface area contributed by atoms with E-state index in [9.17, 15) is 18.0 Å². The average Bonchev–Trinajstić information content (AvgIpc) is 2.74. The number of thioether (sulfide) groups is 1. The van der Waals surface area contributed by atoms with E-state index in [1.165, 1.54) is 24.3 Å². The van der Waals surface area contributed by atoms with Gasteiger partial charge in [0, 0.05) is 18.3 Å². The highest BCUT2D eigenvalue weighted by Gasteiger charge is 2.31. The van der Waals surface area contributed by atoms with Gasteiger partial charge in [-0.25, -0.2) is 0 Å². The van der Waals surface area contributed by atoms with Crippen molar-refractivity contribution in [1.82, 2.24) is 4.90 Å². The van der Waals surface area contributed by atoms with Gasteiger partial charge in [0.15, 0.2) is 0 Å². The minimum atomic E-state index is -4.70. The van der Waals surface area contributed by atoms with Crippen LogP contribution in [-0.2, 0) is 11.2 Å². The van der Waals surface area contributed by atoms with E-state index in [-0.39, 0.29) is 18.1 Å². The van der Waals surface area contributed by atoms with Crippen molar-refractivity contribution < 1.29 is 22.7 Å². The summed E-state index contributed by atoms with van der Waals surface area (Å²) in [6.45, 7) is 3.63. The normalized spacial score (nSPS) is 19.0. The molecule has 1 aromatic carbocycles. The first-order valence-electron chi connectivity index (χ1n) is 8.11. The first-order valence-corrected chi connectivity index (χ1v) is 9.16. The summed E-state index contributed by atoms with van der Waals surface area (Å²) in [5, 5.41) is 0.476. The maximum atomic E-state index is 12.5. The highest BCUT2D eigenvalue weighted by atomic mass is 32.2. The van der Waals surface area contributed by atoms with Crippen molar-refractivity contribution in [2.75, 3.05) is 18.8 Å². The summed E-state index contributed by atoms with van der Waals surface area (Å²) < 4.78 is 40.3. The zero-order chi connectivity index (χ0) is 17.6. The molecule has 134 valence electrons. The molecule has 0 bridgehead atoms. The molecule has 1 unspecified atom stereocenters. The molecule has 0 aromatic heterocycles. The molecule has 7 heteroatoms. The molecule has 2 rings (SSSR count). The van der Waals surface area contributed by atoms with Crippen LogP contribution < -0.4 is 4.74 Å². The fourth-order valence-corrected chi connectivity index (χ4v) is 3.89. The minimum absolute atomic E-state index is 0.0306. The molecule has 1 aliphatic rings. The number of hydrogen-bond donors (Lipinski definition) is 0. The highest BCUT2D eigenvalue weighted by molar-refractivity contribution is 7.99. The van der Waals surface area contributed by atoms with Gasteiger partial charge in [0.1, 0.15) is 5.75 Å². The fourth-order valence-electron chi connectivity index (χ4n) is 2.80. The van der Waals surface area contributed by atoms with Crippen LogP contribution in [0.2, 0.25) is 0 Å². The van der Waals surface area contributed by atoms with Crippen LogP contribution in [0.1, 0.15) is 31.7 Å². The van der Waals surface area contributed by atoms with E-state index in [1.807, 2.05) is 16.7 Å². The van der Waals surface area contributed by atoms with Gasteiger partial charge in [0.25, 0.3) is 0 Å². The molecule has 1 atom stereocenters. The Kier molecular flexibility index (Phi) is 6.83. The number of halogens is 3. The van der Waals surface area contributed by atoms with Crippen molar-refractivity contribution >= 4 is 17.7 Å². The van der Waals surface area contributed by atoms with Gasteiger partial charge in [-0.1, -0.05) is 25.5 Å². The fraction of sp³-hybridized carbons (Fsp3) is 0.588. The predicted octanol–water partition coefficient (Wildman–Crippen LogP) is 4.26. The van der Waals surface area contributed by atoms with Gasteiger partial charge >= 0.3 is 6.36 Å². The molecule has 0 radical (unpaired) electrons. The number of hydrogen-bond acceptors (Lipinski definition) is 3. The molecule has 1 fully saturated rings. The molecule has 0 aliphatic carbocycles. The number of amides is 1. The summed E-state index contributed by atoms with van der Waals surface area (Å²) >= 11 is 1.88. The summed E-state index contributed by atoms with van der Waals surface area (Å²) in [6, 6.07) is 5.51. The Morgan fingerprint density at radius 2 is 2.00 bits per heavy atom. The number of likely N-dealkylation sites (tertiary alicyclic amines) is 1. The summed E-state index contributed by atoms with van der Waals surface area (Å²) in [5.74, 6) is 0.795. The minimum Gasteiger partial charge on any atom is -0.406 e. The van der Waals surface area contributed by atoms with Crippen LogP contribution in [0.3, 0.4) is 0 Å². The van der Waals surface area contributed by atoms with Crippen molar-refractivity contribution in [3.8, 4) is 5.75 Å². The van der Waals surface area contributed by atoms with E-state index < -0.39 is 6.36 Å². The topological polar surface area (TPSA) is 29.5 Å². The third-order valence-corrected chi connectivity index (χ3v) is 5.09. The molecule has 1 amide bonds. The molecule has 1 aliphatic heterocycles. The Morgan fingerprint density at radius 1 is 1.29 bits per heavy atom. The predicted molar refractivity (Wildman–Crippen MR) is 89.2 cm³/mol. The first kappa shape index (κ1) is 19.0. The van der Waals surface area contributed by atoms with Gasteiger partial charge in [-0.3, -0.25) is 4.79 Å². The zero-order valence-corrected chi connectivity index (χ0v) is 14.5. The van der Waals surface area contributed by atoms with Crippen molar-refractivity contribution in [3.05, 3.63) is 29.8 Å². The average molecular weight is 361 g/mol. The van der Waals surface area contributed by atoms with Crippen LogP contribution in [-0.4, -0.2) is 41.3 Å². The van der Waals surface area contributed by atoms with Crippen molar-refractivity contribution in [2.24, 2.45) is 0 Å². The maximum Gasteiger partial charge on any atom is 0.573 e. The van der Waals surface area contributed by atoms with E-state index in [4.69, 9.17) is 0 Å². The highest BCUT2D eigenvalue weighted by Crippen LogP contribution is 2.24. The smallest absolute Gasteiger partial charge is 0.406 e. The molecule has 0 N–H and O–H groups in total. The Balaban J connectivity index is 1.93. The third kappa shape index (κ3) is 6.26. The van der Waals surface area contributed by atoms with Gasteiger partial charge < -0.3 is 9.64 Å². The van der Waals surface area contributed by atoms with Crippen LogP contribution in [0, 0.1) is 0 Å². The maximum absolute atomic E-state index is 12.5. The molecule has 1 aromatic rings. The van der Waals surface area contributed by atoms with Crippen LogP contribution in [0.5, 0.6) is 5.75 Å². The third-order valence-electron chi connectivity index (χ3n) is 3.90. The molecule has 24 heavy (non-hydrogen) atoms. The molecule has 1 saturated heterocycles. The molecule has 0 saturated carbocycles. The standard InChI is InChI=1S/C17H22F3NO2S/c1-2-24-15-5-3-4-10-21(12-15)16(22)11-13-6-8-14(9-7-13)23-17(18,19)20/h6-9,15H,2-5,10-12H2,1H3. The largest absolute Gasteiger partial charge is 0.573 e. The Morgan fingerprint density at radius 3 is 2.62 bits per heavy atom. The van der Waals surface area contributed by atoms with Crippen molar-refractivity contribution in [1.29, 1.82) is 0 Å². The summed E-state index contributed by atoms with van der Waals surface area (Å²) in [4.78, 5) is 14.4. The van der Waals surface area contributed by atoms with Gasteiger partial charge in [0.2, 0.25) is 5.91 Å². The van der Waals surface area contributed by atoms with E-state index in [2.05, 4.69) is 11.7 Å². The number of alkyl halides is 3. The molecule has 0 spiro atoms. The van der Waals surface area contributed by atoms with Gasteiger partial charge in [-0.15, -0.1) is 13.2 Å². The second-order valence-electron chi connectivity index (χ2n) is 5.78. The number of nitrogens with zero attached hydrogens (tertiary/aromatic N) is 1. The van der Waals surface area contributed by atoms with Crippen LogP contribution >= 0.6 is 11.8 Å². The lowest BCUT2D eigenvalue weighted by atomic mass is 10.1. The number of carbonyl (C=O) groups excluding carboxylic acids is 1. The Labute approximate surface area is 144 Å². The van der Waals surface area contributed by atoms with Crippen LogP contribution in [0.25, 0.3) is 0 Å². The van der Waals surface area contributed by atoms with Crippen molar-refractivity contribution in [2.45, 2.75) is 44.2 Å². The molecule has 1 heterocycles. The van der Waals surface area contributed by atoms with Gasteiger partial charge in [0.05, 0.1) is 6.42 Å². The summed E-state index contributed by atoms with van der Waals surface area (Å²) in [6.07, 6.45) is -1.23. The summed E-state index contributed by atoms with van der Waals surface area (Å²) in [7, 11) is 0. The monoisotopic (exact) mass is 361 g/mol. The SMILES string of the molecule is CCSC1CCCCN(C(=O)Cc2ccc(OC(F)(F)F)cc2)C1. The van der Waals surface area contributed by atoms with E-state index in [0.29, 0.717) is 10.8 Å². The lowest BCUT2D eigenvalue weighted by molar-refractivity contribution is -0.274. The molecule has 3 nitrogen and oxygen atoms in total. The number of rotatable bonds is 5. The van der Waals surface area contributed by atoms with Gasteiger partial charge in [-0.05, 0) is 36.3 Å². The van der Waals surface area contributed by atoms with Crippen LogP contribution in [0.15, 0.2) is 24.3 Å². The number of ether oxygens (including phenoxy) is 1. The Hall–Kier alpha value is -1.37. The van der Waals surface area contributed by atoms with Crippen molar-refractivity contribution in [3.63, 3.8) is 0 Å². The van der Waals surface area contributed by atoms with E-state index >= 15 is 0 Å². The zero-order valence-electron chi connectivity index (χ0n) is 13.6. The number of carbonyl (C=O) groups is 1. The quantitative estimate of drug-likeness (QED) is 0.785. The number of benzene rings is 1. The second-order valence-corrected chi connectivity index (χ2v) is 7.36. The summed E-state index contributed by atoms with van der Waals surface area (Å²) in [5.41, 5.74) is 0.693. The molecular formula is C17H22F3NO2S. The van der Waals surface area contributed by atoms with Crippen LogP contribution in [0.4, 0.5) is 13.2 Å². The Bertz CT molecular complexity index is 534. The lowest BCUT2D eigenvalue weighted by Gasteiger charge is -2.24. The van der Waals surface area contributed by atoms with E-state index in [0.717, 1.165) is 38.1 Å². The molecular weight excluding hydrogens is 339 g/mol. The van der Waals surface area contributed by atoms with E-state index in [1.54, 1.807) is 0 Å².